The number of rotatable bonds is 19. The summed E-state index contributed by atoms with van der Waals surface area (Å²) in [6.07, 6.45) is 3.69. The molecule has 0 bridgehead atoms. The third-order valence-electron chi connectivity index (χ3n) is 6.84. The Morgan fingerprint density at radius 3 is 2.42 bits per heavy atom. The molecule has 0 heterocycles. The zero-order valence-corrected chi connectivity index (χ0v) is 25.3. The van der Waals surface area contributed by atoms with Crippen molar-refractivity contribution in [3.63, 3.8) is 0 Å². The van der Waals surface area contributed by atoms with Crippen LogP contribution in [0.5, 0.6) is 5.75 Å². The van der Waals surface area contributed by atoms with Gasteiger partial charge in [0.1, 0.15) is 5.75 Å². The number of benzene rings is 2. The summed E-state index contributed by atoms with van der Waals surface area (Å²) in [5, 5.41) is 6.32. The monoisotopic (exact) mass is 553 g/mol. The molecule has 1 unspecified atom stereocenters. The number of likely N-dealkylation sites (N-methyl/N-ethyl adjacent to an activating group) is 1. The molecule has 0 saturated carbocycles. The maximum Gasteiger partial charge on any atom is 0.226 e. The third-order valence-corrected chi connectivity index (χ3v) is 6.84. The van der Waals surface area contributed by atoms with Crippen molar-refractivity contribution in [1.29, 1.82) is 0 Å². The molecule has 0 aliphatic heterocycles. The van der Waals surface area contributed by atoms with Gasteiger partial charge in [0.15, 0.2) is 5.96 Å². The molecule has 0 saturated heterocycles. The van der Waals surface area contributed by atoms with Gasteiger partial charge in [-0.1, -0.05) is 63.6 Å². The summed E-state index contributed by atoms with van der Waals surface area (Å²) in [5.41, 5.74) is 10.2. The van der Waals surface area contributed by atoms with Gasteiger partial charge in [-0.2, -0.15) is 0 Å². The van der Waals surface area contributed by atoms with E-state index in [0.717, 1.165) is 67.9 Å². The van der Waals surface area contributed by atoms with Gasteiger partial charge in [0, 0.05) is 57.8 Å². The van der Waals surface area contributed by atoms with Crippen LogP contribution in [0.2, 0.25) is 0 Å². The number of aliphatic imine (C=N–C) groups is 1. The molecule has 40 heavy (non-hydrogen) atoms. The van der Waals surface area contributed by atoms with Crippen LogP contribution in [0, 0.1) is 0 Å². The number of carbonyl (C=O) groups is 1. The van der Waals surface area contributed by atoms with Crippen LogP contribution in [0.15, 0.2) is 47.5 Å². The van der Waals surface area contributed by atoms with Crippen LogP contribution >= 0.6 is 0 Å². The lowest BCUT2D eigenvalue weighted by Gasteiger charge is -2.23. The molecule has 0 fully saturated rings. The molecular weight excluding hydrogens is 502 g/mol. The molecule has 222 valence electrons. The lowest BCUT2D eigenvalue weighted by molar-refractivity contribution is -0.119. The van der Waals surface area contributed by atoms with Gasteiger partial charge in [-0.3, -0.25) is 15.1 Å². The van der Waals surface area contributed by atoms with Crippen LogP contribution in [0.1, 0.15) is 64.5 Å². The molecule has 8 nitrogen and oxygen atoms in total. The first kappa shape index (κ1) is 33.3. The van der Waals surface area contributed by atoms with E-state index in [9.17, 15) is 4.79 Å². The summed E-state index contributed by atoms with van der Waals surface area (Å²) in [6.45, 7) is 14.6. The van der Waals surface area contributed by atoms with Crippen LogP contribution in [-0.4, -0.2) is 69.3 Å². The maximum atomic E-state index is 12.4. The zero-order chi connectivity index (χ0) is 29.2. The van der Waals surface area contributed by atoms with Crippen molar-refractivity contribution >= 4 is 11.9 Å². The summed E-state index contributed by atoms with van der Waals surface area (Å²) in [6, 6.07) is 15.3. The van der Waals surface area contributed by atoms with Gasteiger partial charge in [0.25, 0.3) is 0 Å². The first-order chi connectivity index (χ1) is 19.4. The van der Waals surface area contributed by atoms with Crippen molar-refractivity contribution in [2.45, 2.75) is 72.4 Å². The number of methoxy groups -OCH3 is 1. The Morgan fingerprint density at radius 2 is 1.75 bits per heavy atom. The molecule has 8 heteroatoms. The lowest BCUT2D eigenvalue weighted by Crippen LogP contribution is -2.38. The van der Waals surface area contributed by atoms with Crippen LogP contribution < -0.4 is 21.1 Å². The number of carbonyl (C=O) groups excluding carboxylic acids is 1. The van der Waals surface area contributed by atoms with Crippen molar-refractivity contribution in [3.8, 4) is 16.9 Å². The predicted molar refractivity (Wildman–Crippen MR) is 166 cm³/mol. The number of nitrogens with one attached hydrogen (secondary N) is 2. The molecule has 2 aromatic rings. The van der Waals surface area contributed by atoms with Crippen molar-refractivity contribution < 1.29 is 14.3 Å². The first-order valence-electron chi connectivity index (χ1n) is 14.8. The highest BCUT2D eigenvalue weighted by atomic mass is 16.5. The number of nitrogens with two attached hydrogens (primary N) is 1. The first-order valence-corrected chi connectivity index (χ1v) is 14.8. The standard InChI is InChI=1S/C32H51N5O3/c1-6-9-19-34-32(33)36-31(38)18-14-26-13-17-29(30(22-26)40-21-10-20-39-5)28-15-11-27(12-16-28)23-35-25(4)24-37(7-2)8-3/h11-13,15-17,22,25,35H,6-10,14,18-21,23-24H2,1-5H3,(H3,33,34,36,38). The van der Waals surface area contributed by atoms with Crippen molar-refractivity contribution in [1.82, 2.24) is 15.5 Å². The summed E-state index contributed by atoms with van der Waals surface area (Å²) in [7, 11) is 1.69. The summed E-state index contributed by atoms with van der Waals surface area (Å²) in [4.78, 5) is 19.0. The highest BCUT2D eigenvalue weighted by Crippen LogP contribution is 2.32. The smallest absolute Gasteiger partial charge is 0.226 e. The minimum absolute atomic E-state index is 0.139. The Kier molecular flexibility index (Phi) is 16.0. The largest absolute Gasteiger partial charge is 0.493 e. The van der Waals surface area contributed by atoms with Crippen molar-refractivity contribution in [2.75, 3.05) is 46.5 Å². The zero-order valence-electron chi connectivity index (χ0n) is 25.3. The van der Waals surface area contributed by atoms with Gasteiger partial charge >= 0.3 is 0 Å². The van der Waals surface area contributed by atoms with E-state index >= 15 is 0 Å². The Labute approximate surface area is 241 Å². The molecule has 2 aromatic carbocycles. The number of aryl methyl sites for hydroxylation is 1. The minimum Gasteiger partial charge on any atom is -0.493 e. The third kappa shape index (κ3) is 12.5. The molecule has 1 amide bonds. The fourth-order valence-electron chi connectivity index (χ4n) is 4.35. The Hall–Kier alpha value is -2.94. The summed E-state index contributed by atoms with van der Waals surface area (Å²) in [5.74, 6) is 0.862. The molecule has 1 atom stereocenters. The van der Waals surface area contributed by atoms with E-state index in [1.54, 1.807) is 7.11 Å². The van der Waals surface area contributed by atoms with Crippen LogP contribution in [0.25, 0.3) is 11.1 Å². The number of hydrogen-bond donors (Lipinski definition) is 3. The van der Waals surface area contributed by atoms with Crippen LogP contribution in [0.4, 0.5) is 0 Å². The van der Waals surface area contributed by atoms with Gasteiger partial charge in [0.2, 0.25) is 5.91 Å². The molecule has 0 radical (unpaired) electrons. The van der Waals surface area contributed by atoms with E-state index in [1.807, 2.05) is 6.07 Å². The molecule has 0 aliphatic rings. The Morgan fingerprint density at radius 1 is 1.02 bits per heavy atom. The Bertz CT molecular complexity index is 1020. The van der Waals surface area contributed by atoms with E-state index in [-0.39, 0.29) is 11.9 Å². The van der Waals surface area contributed by atoms with E-state index in [2.05, 4.69) is 84.6 Å². The second kappa shape index (κ2) is 19.2. The van der Waals surface area contributed by atoms with Gasteiger partial charge in [0.05, 0.1) is 6.61 Å². The second-order valence-corrected chi connectivity index (χ2v) is 10.2. The van der Waals surface area contributed by atoms with E-state index < -0.39 is 0 Å². The molecule has 4 N–H and O–H groups in total. The average Bonchev–Trinajstić information content (AvgIpc) is 2.96. The SMILES string of the molecule is CCCCN=C(N)NC(=O)CCc1ccc(-c2ccc(CNC(C)CN(CC)CC)cc2)c(OCCCOC)c1. The van der Waals surface area contributed by atoms with Crippen molar-refractivity contribution in [3.05, 3.63) is 53.6 Å². The maximum absolute atomic E-state index is 12.4. The van der Waals surface area contributed by atoms with E-state index in [4.69, 9.17) is 15.2 Å². The fraction of sp³-hybridized carbons (Fsp3) is 0.562. The molecule has 0 aromatic heterocycles. The molecule has 0 spiro atoms. The summed E-state index contributed by atoms with van der Waals surface area (Å²) >= 11 is 0. The minimum atomic E-state index is -0.139. The number of amides is 1. The van der Waals surface area contributed by atoms with E-state index in [1.165, 1.54) is 5.56 Å². The number of unbranched alkanes of at least 4 members (excludes halogenated alkanes) is 1. The van der Waals surface area contributed by atoms with Crippen LogP contribution in [0.3, 0.4) is 0 Å². The lowest BCUT2D eigenvalue weighted by atomic mass is 9.99. The quantitative estimate of drug-likeness (QED) is 0.132. The van der Waals surface area contributed by atoms with Crippen molar-refractivity contribution in [2.24, 2.45) is 10.7 Å². The Balaban J connectivity index is 2.05. The second-order valence-electron chi connectivity index (χ2n) is 10.2. The highest BCUT2D eigenvalue weighted by Gasteiger charge is 2.11. The number of hydrogen-bond acceptors (Lipinski definition) is 6. The summed E-state index contributed by atoms with van der Waals surface area (Å²) < 4.78 is 11.4. The number of guanidine groups is 1. The number of nitrogens with zero attached hydrogens (tertiary/aromatic N) is 2. The molecular formula is C32H51N5O3. The number of ether oxygens (including phenoxy) is 2. The van der Waals surface area contributed by atoms with Gasteiger partial charge in [-0.05, 0) is 55.6 Å². The van der Waals surface area contributed by atoms with Gasteiger partial charge in [-0.15, -0.1) is 0 Å². The average molecular weight is 554 g/mol. The van der Waals surface area contributed by atoms with Gasteiger partial charge in [-0.25, -0.2) is 0 Å². The predicted octanol–water partition coefficient (Wildman–Crippen LogP) is 4.75. The highest BCUT2D eigenvalue weighted by molar-refractivity contribution is 5.96. The van der Waals surface area contributed by atoms with Gasteiger partial charge < -0.3 is 25.4 Å². The van der Waals surface area contributed by atoms with E-state index in [0.29, 0.717) is 38.6 Å². The molecule has 0 aliphatic carbocycles. The fourth-order valence-corrected chi connectivity index (χ4v) is 4.35. The molecule has 2 rings (SSSR count). The topological polar surface area (TPSA) is 101 Å². The van der Waals surface area contributed by atoms with Crippen LogP contribution in [-0.2, 0) is 22.5 Å². The normalized spacial score (nSPS) is 12.5.